The molecule has 1 aromatic rings. The number of anilines is 2. The molecule has 3 N–H and O–H groups in total. The third-order valence-electron chi connectivity index (χ3n) is 2.14. The van der Waals surface area contributed by atoms with Gasteiger partial charge in [0.2, 0.25) is 0 Å². The Kier molecular flexibility index (Phi) is 3.49. The van der Waals surface area contributed by atoms with Crippen LogP contribution in [0.2, 0.25) is 0 Å². The number of nitrogens with one attached hydrogen (secondary N) is 1. The van der Waals surface area contributed by atoms with Crippen LogP contribution in [-0.4, -0.2) is 28.4 Å². The molecule has 0 saturated carbocycles. The number of rotatable bonds is 4. The molecule has 0 aliphatic rings. The molecule has 5 heteroatoms. The average molecular weight is 212 g/mol. The normalized spacial score (nSPS) is 9.60. The molecule has 0 bridgehead atoms. The minimum Gasteiger partial charge on any atom is -0.494 e. The van der Waals surface area contributed by atoms with E-state index in [9.17, 15) is 0 Å². The van der Waals surface area contributed by atoms with Gasteiger partial charge in [-0.15, -0.1) is 0 Å². The molecular formula is C10H16N2O3. The first-order valence-electron chi connectivity index (χ1n) is 4.45. The van der Waals surface area contributed by atoms with Crippen molar-refractivity contribution >= 4 is 11.4 Å². The van der Waals surface area contributed by atoms with Crippen molar-refractivity contribution in [2.24, 2.45) is 0 Å². The van der Waals surface area contributed by atoms with Crippen LogP contribution >= 0.6 is 0 Å². The summed E-state index contributed by atoms with van der Waals surface area (Å²) in [5.74, 6) is 1.68. The Morgan fingerprint density at radius 3 is 2.07 bits per heavy atom. The van der Waals surface area contributed by atoms with Crippen molar-refractivity contribution in [2.75, 3.05) is 39.4 Å². The second kappa shape index (κ2) is 4.63. The van der Waals surface area contributed by atoms with Crippen molar-refractivity contribution in [3.63, 3.8) is 0 Å². The maximum Gasteiger partial charge on any atom is 0.172 e. The minimum absolute atomic E-state index is 0.449. The number of hydrogen-bond donors (Lipinski definition) is 2. The van der Waals surface area contributed by atoms with Crippen LogP contribution in [0.4, 0.5) is 11.4 Å². The molecule has 0 aromatic heterocycles. The van der Waals surface area contributed by atoms with E-state index in [1.54, 1.807) is 34.4 Å². The highest BCUT2D eigenvalue weighted by Gasteiger charge is 2.17. The fraction of sp³-hybridized carbons (Fsp3) is 0.400. The molecule has 15 heavy (non-hydrogen) atoms. The van der Waals surface area contributed by atoms with Crippen LogP contribution in [-0.2, 0) is 0 Å². The SMILES string of the molecule is CNc1c(OC)cc(OC)c(N)c1OC. The lowest BCUT2D eigenvalue weighted by Crippen LogP contribution is -2.03. The standard InChI is InChI=1S/C10H16N2O3/c1-12-9-7(14-3)5-6(13-2)8(11)10(9)15-4/h5,12H,11H2,1-4H3. The molecule has 0 fully saturated rings. The van der Waals surface area contributed by atoms with Gasteiger partial charge in [0.15, 0.2) is 5.75 Å². The molecule has 0 aliphatic heterocycles. The first kappa shape index (κ1) is 11.3. The van der Waals surface area contributed by atoms with Gasteiger partial charge in [0.1, 0.15) is 22.9 Å². The summed E-state index contributed by atoms with van der Waals surface area (Å²) in [5.41, 5.74) is 7.01. The largest absolute Gasteiger partial charge is 0.494 e. The van der Waals surface area contributed by atoms with Crippen LogP contribution in [0.25, 0.3) is 0 Å². The van der Waals surface area contributed by atoms with Gasteiger partial charge in [-0.3, -0.25) is 0 Å². The van der Waals surface area contributed by atoms with E-state index < -0.39 is 0 Å². The first-order valence-corrected chi connectivity index (χ1v) is 4.45. The maximum atomic E-state index is 5.86. The summed E-state index contributed by atoms with van der Waals surface area (Å²) < 4.78 is 15.5. The van der Waals surface area contributed by atoms with E-state index in [1.165, 1.54) is 0 Å². The minimum atomic E-state index is 0.449. The third-order valence-corrected chi connectivity index (χ3v) is 2.14. The van der Waals surface area contributed by atoms with Gasteiger partial charge < -0.3 is 25.3 Å². The number of nitrogens with two attached hydrogens (primary N) is 1. The molecule has 0 amide bonds. The first-order chi connectivity index (χ1) is 7.19. The molecule has 0 unspecified atom stereocenters. The van der Waals surface area contributed by atoms with E-state index in [0.29, 0.717) is 28.6 Å². The Labute approximate surface area is 89.1 Å². The van der Waals surface area contributed by atoms with Gasteiger partial charge >= 0.3 is 0 Å². The summed E-state index contributed by atoms with van der Waals surface area (Å²) in [5, 5.41) is 2.97. The van der Waals surface area contributed by atoms with E-state index in [4.69, 9.17) is 19.9 Å². The van der Waals surface area contributed by atoms with Crippen LogP contribution in [0.15, 0.2) is 6.07 Å². The molecule has 0 atom stereocenters. The molecule has 0 aliphatic carbocycles. The highest BCUT2D eigenvalue weighted by molar-refractivity contribution is 5.80. The van der Waals surface area contributed by atoms with Gasteiger partial charge in [0.25, 0.3) is 0 Å². The second-order valence-electron chi connectivity index (χ2n) is 2.85. The summed E-state index contributed by atoms with van der Waals surface area (Å²) in [7, 11) is 6.44. The average Bonchev–Trinajstić information content (AvgIpc) is 2.28. The number of nitrogen functional groups attached to an aromatic ring is 1. The molecule has 5 nitrogen and oxygen atoms in total. The van der Waals surface area contributed by atoms with Crippen molar-refractivity contribution in [1.29, 1.82) is 0 Å². The van der Waals surface area contributed by atoms with E-state index in [2.05, 4.69) is 5.32 Å². The molecule has 0 saturated heterocycles. The van der Waals surface area contributed by atoms with Gasteiger partial charge in [-0.25, -0.2) is 0 Å². The number of benzene rings is 1. The summed E-state index contributed by atoms with van der Waals surface area (Å²) >= 11 is 0. The van der Waals surface area contributed by atoms with Crippen LogP contribution in [0.5, 0.6) is 17.2 Å². The number of hydrogen-bond acceptors (Lipinski definition) is 5. The molecule has 0 heterocycles. The Balaban J connectivity index is 3.43. The van der Waals surface area contributed by atoms with E-state index in [1.807, 2.05) is 0 Å². The fourth-order valence-corrected chi connectivity index (χ4v) is 1.41. The zero-order valence-corrected chi connectivity index (χ0v) is 9.38. The molecule has 0 radical (unpaired) electrons. The second-order valence-corrected chi connectivity index (χ2v) is 2.85. The highest BCUT2D eigenvalue weighted by Crippen LogP contribution is 2.44. The van der Waals surface area contributed by atoms with Gasteiger partial charge in [0.05, 0.1) is 21.3 Å². The number of ether oxygens (including phenoxy) is 3. The summed E-state index contributed by atoms with van der Waals surface area (Å²) in [6.45, 7) is 0. The van der Waals surface area contributed by atoms with Gasteiger partial charge in [0, 0.05) is 13.1 Å². The molecular weight excluding hydrogens is 196 g/mol. The Hall–Kier alpha value is -1.78. The monoisotopic (exact) mass is 212 g/mol. The van der Waals surface area contributed by atoms with Gasteiger partial charge in [-0.2, -0.15) is 0 Å². The van der Waals surface area contributed by atoms with Crippen LogP contribution in [0.1, 0.15) is 0 Å². The Morgan fingerprint density at radius 2 is 1.67 bits per heavy atom. The van der Waals surface area contributed by atoms with Crippen molar-refractivity contribution in [3.8, 4) is 17.2 Å². The van der Waals surface area contributed by atoms with Crippen molar-refractivity contribution in [1.82, 2.24) is 0 Å². The zero-order chi connectivity index (χ0) is 11.4. The Bertz CT molecular complexity index is 353. The Morgan fingerprint density at radius 1 is 1.07 bits per heavy atom. The molecule has 1 rings (SSSR count). The fourth-order valence-electron chi connectivity index (χ4n) is 1.41. The maximum absolute atomic E-state index is 5.86. The molecule has 0 spiro atoms. The molecule has 1 aromatic carbocycles. The summed E-state index contributed by atoms with van der Waals surface area (Å²) in [6, 6.07) is 1.71. The van der Waals surface area contributed by atoms with Crippen LogP contribution < -0.4 is 25.3 Å². The summed E-state index contributed by atoms with van der Waals surface area (Å²) in [6.07, 6.45) is 0. The topological polar surface area (TPSA) is 65.7 Å². The summed E-state index contributed by atoms with van der Waals surface area (Å²) in [4.78, 5) is 0. The quantitative estimate of drug-likeness (QED) is 0.737. The van der Waals surface area contributed by atoms with Crippen molar-refractivity contribution in [3.05, 3.63) is 6.07 Å². The van der Waals surface area contributed by atoms with E-state index in [0.717, 1.165) is 0 Å². The van der Waals surface area contributed by atoms with E-state index >= 15 is 0 Å². The molecule has 84 valence electrons. The number of methoxy groups -OCH3 is 3. The van der Waals surface area contributed by atoms with E-state index in [-0.39, 0.29) is 0 Å². The lowest BCUT2D eigenvalue weighted by atomic mass is 10.2. The lowest BCUT2D eigenvalue weighted by molar-refractivity contribution is 0.381. The van der Waals surface area contributed by atoms with Crippen LogP contribution in [0.3, 0.4) is 0 Å². The lowest BCUT2D eigenvalue weighted by Gasteiger charge is -2.17. The van der Waals surface area contributed by atoms with Crippen molar-refractivity contribution in [2.45, 2.75) is 0 Å². The highest BCUT2D eigenvalue weighted by atomic mass is 16.5. The zero-order valence-electron chi connectivity index (χ0n) is 9.38. The predicted octanol–water partition coefficient (Wildman–Crippen LogP) is 1.34. The third kappa shape index (κ3) is 1.86. The van der Waals surface area contributed by atoms with Gasteiger partial charge in [-0.05, 0) is 0 Å². The van der Waals surface area contributed by atoms with Crippen molar-refractivity contribution < 1.29 is 14.2 Å². The smallest absolute Gasteiger partial charge is 0.172 e. The predicted molar refractivity (Wildman–Crippen MR) is 60.1 cm³/mol. The van der Waals surface area contributed by atoms with Gasteiger partial charge in [-0.1, -0.05) is 0 Å². The van der Waals surface area contributed by atoms with Crippen LogP contribution in [0, 0.1) is 0 Å².